The third kappa shape index (κ3) is 3.85. The molecule has 2 rings (SSSR count). The first-order valence-electron chi connectivity index (χ1n) is 5.92. The summed E-state index contributed by atoms with van der Waals surface area (Å²) in [5.74, 6) is -0.652. The van der Waals surface area contributed by atoms with Gasteiger partial charge in [0.05, 0.1) is 11.1 Å². The normalized spacial score (nSPS) is 11.5. The van der Waals surface area contributed by atoms with E-state index in [1.165, 1.54) is 35.4 Å². The summed E-state index contributed by atoms with van der Waals surface area (Å²) >= 11 is 4.47. The number of rotatable bonds is 3. The molecule has 0 spiro atoms. The largest absolute Gasteiger partial charge is 0.417 e. The SMILES string of the molecule is CN(Cc1ccsc1)C(=O)c1ccc(Br)cc1C(F)(F)F. The quantitative estimate of drug-likeness (QED) is 0.751. The van der Waals surface area contributed by atoms with Gasteiger partial charge in [0.2, 0.25) is 0 Å². The Labute approximate surface area is 132 Å². The molecule has 21 heavy (non-hydrogen) atoms. The highest BCUT2D eigenvalue weighted by Crippen LogP contribution is 2.34. The van der Waals surface area contributed by atoms with Crippen LogP contribution in [-0.2, 0) is 12.7 Å². The second kappa shape index (κ2) is 6.19. The number of halogens is 4. The number of amides is 1. The Kier molecular flexibility index (Phi) is 4.73. The zero-order valence-electron chi connectivity index (χ0n) is 10.9. The third-order valence-corrected chi connectivity index (χ3v) is 4.09. The van der Waals surface area contributed by atoms with Gasteiger partial charge in [-0.1, -0.05) is 15.9 Å². The molecule has 2 nitrogen and oxygen atoms in total. The van der Waals surface area contributed by atoms with Gasteiger partial charge in [-0.05, 0) is 40.6 Å². The van der Waals surface area contributed by atoms with Crippen molar-refractivity contribution in [2.24, 2.45) is 0 Å². The van der Waals surface area contributed by atoms with E-state index in [0.29, 0.717) is 0 Å². The molecule has 1 aromatic heterocycles. The van der Waals surface area contributed by atoms with Crippen molar-refractivity contribution >= 4 is 33.2 Å². The summed E-state index contributed by atoms with van der Waals surface area (Å²) in [5, 5.41) is 3.71. The van der Waals surface area contributed by atoms with E-state index >= 15 is 0 Å². The molecule has 0 bridgehead atoms. The van der Waals surface area contributed by atoms with Gasteiger partial charge in [-0.3, -0.25) is 4.79 Å². The van der Waals surface area contributed by atoms with E-state index in [-0.39, 0.29) is 16.6 Å². The van der Waals surface area contributed by atoms with Crippen molar-refractivity contribution in [3.05, 3.63) is 56.2 Å². The van der Waals surface area contributed by atoms with E-state index in [4.69, 9.17) is 0 Å². The van der Waals surface area contributed by atoms with Crippen LogP contribution in [0.3, 0.4) is 0 Å². The maximum Gasteiger partial charge on any atom is 0.417 e. The molecule has 1 aromatic carbocycles. The van der Waals surface area contributed by atoms with E-state index in [1.54, 1.807) is 0 Å². The Morgan fingerprint density at radius 2 is 2.05 bits per heavy atom. The molecule has 0 atom stereocenters. The minimum atomic E-state index is -4.57. The molecule has 0 unspecified atom stereocenters. The van der Waals surface area contributed by atoms with Crippen LogP contribution in [0.15, 0.2) is 39.5 Å². The van der Waals surface area contributed by atoms with Gasteiger partial charge in [-0.15, -0.1) is 0 Å². The van der Waals surface area contributed by atoms with Gasteiger partial charge >= 0.3 is 6.18 Å². The average molecular weight is 378 g/mol. The van der Waals surface area contributed by atoms with Crippen LogP contribution in [0.4, 0.5) is 13.2 Å². The van der Waals surface area contributed by atoms with Crippen molar-refractivity contribution in [2.45, 2.75) is 12.7 Å². The summed E-state index contributed by atoms with van der Waals surface area (Å²) in [6.07, 6.45) is -4.57. The Bertz CT molecular complexity index is 640. The van der Waals surface area contributed by atoms with Crippen molar-refractivity contribution in [3.8, 4) is 0 Å². The standard InChI is InChI=1S/C14H11BrF3NOS/c1-19(7-9-4-5-21-8-9)13(20)11-3-2-10(15)6-12(11)14(16,17)18/h2-6,8H,7H2,1H3. The van der Waals surface area contributed by atoms with Crippen LogP contribution in [-0.4, -0.2) is 17.9 Å². The molecule has 0 N–H and O–H groups in total. The number of nitrogens with zero attached hydrogens (tertiary/aromatic N) is 1. The minimum absolute atomic E-state index is 0.274. The molecule has 0 aliphatic heterocycles. The van der Waals surface area contributed by atoms with Crippen LogP contribution in [0.5, 0.6) is 0 Å². The predicted octanol–water partition coefficient (Wildman–Crippen LogP) is 4.80. The van der Waals surface area contributed by atoms with Crippen LogP contribution in [0.1, 0.15) is 21.5 Å². The monoisotopic (exact) mass is 377 g/mol. The van der Waals surface area contributed by atoms with Crippen molar-refractivity contribution in [2.75, 3.05) is 7.05 Å². The van der Waals surface area contributed by atoms with E-state index in [1.807, 2.05) is 16.8 Å². The fourth-order valence-electron chi connectivity index (χ4n) is 1.87. The highest BCUT2D eigenvalue weighted by Gasteiger charge is 2.36. The van der Waals surface area contributed by atoms with Gasteiger partial charge in [-0.25, -0.2) is 0 Å². The lowest BCUT2D eigenvalue weighted by Gasteiger charge is -2.19. The van der Waals surface area contributed by atoms with Crippen molar-refractivity contribution in [3.63, 3.8) is 0 Å². The molecule has 1 heterocycles. The predicted molar refractivity (Wildman–Crippen MR) is 79.3 cm³/mol. The van der Waals surface area contributed by atoms with Gasteiger partial charge < -0.3 is 4.90 Å². The second-order valence-corrected chi connectivity index (χ2v) is 6.18. The van der Waals surface area contributed by atoms with Crippen molar-refractivity contribution in [1.82, 2.24) is 4.90 Å². The molecule has 7 heteroatoms. The van der Waals surface area contributed by atoms with Crippen LogP contribution in [0, 0.1) is 0 Å². The summed E-state index contributed by atoms with van der Waals surface area (Å²) in [6, 6.07) is 5.38. The molecule has 0 saturated heterocycles. The maximum atomic E-state index is 13.0. The first-order chi connectivity index (χ1) is 9.79. The van der Waals surface area contributed by atoms with Gasteiger partial charge in [0.1, 0.15) is 0 Å². The highest BCUT2D eigenvalue weighted by molar-refractivity contribution is 9.10. The maximum absolute atomic E-state index is 13.0. The summed E-state index contributed by atoms with van der Waals surface area (Å²) in [7, 11) is 1.49. The van der Waals surface area contributed by atoms with Crippen LogP contribution >= 0.6 is 27.3 Å². The van der Waals surface area contributed by atoms with Crippen molar-refractivity contribution in [1.29, 1.82) is 0 Å². The van der Waals surface area contributed by atoms with Gasteiger partial charge in [0.25, 0.3) is 5.91 Å². The van der Waals surface area contributed by atoms with Crippen molar-refractivity contribution < 1.29 is 18.0 Å². The Balaban J connectivity index is 2.30. The number of alkyl halides is 3. The fourth-order valence-corrected chi connectivity index (χ4v) is 2.89. The molecular weight excluding hydrogens is 367 g/mol. The Morgan fingerprint density at radius 3 is 2.62 bits per heavy atom. The topological polar surface area (TPSA) is 20.3 Å². The Morgan fingerprint density at radius 1 is 1.33 bits per heavy atom. The molecule has 1 amide bonds. The molecule has 2 aromatic rings. The number of hydrogen-bond acceptors (Lipinski definition) is 2. The first kappa shape index (κ1) is 16.0. The average Bonchev–Trinajstić information content (AvgIpc) is 2.89. The lowest BCUT2D eigenvalue weighted by Crippen LogP contribution is -2.28. The Hall–Kier alpha value is -1.34. The minimum Gasteiger partial charge on any atom is -0.337 e. The van der Waals surface area contributed by atoms with E-state index < -0.39 is 17.6 Å². The summed E-state index contributed by atoms with van der Waals surface area (Å²) in [4.78, 5) is 13.5. The van der Waals surface area contributed by atoms with Crippen LogP contribution < -0.4 is 0 Å². The molecular formula is C14H11BrF3NOS. The summed E-state index contributed by atoms with van der Waals surface area (Å²) < 4.78 is 39.4. The lowest BCUT2D eigenvalue weighted by atomic mass is 10.1. The second-order valence-electron chi connectivity index (χ2n) is 4.48. The third-order valence-electron chi connectivity index (χ3n) is 2.86. The molecule has 0 aliphatic carbocycles. The molecule has 0 fully saturated rings. The summed E-state index contributed by atoms with van der Waals surface area (Å²) in [6.45, 7) is 0.274. The van der Waals surface area contributed by atoms with Gasteiger partial charge in [0, 0.05) is 18.1 Å². The molecule has 112 valence electrons. The zero-order valence-corrected chi connectivity index (χ0v) is 13.3. The number of thiophene rings is 1. The van der Waals surface area contributed by atoms with Crippen LogP contribution in [0.2, 0.25) is 0 Å². The highest BCUT2D eigenvalue weighted by atomic mass is 79.9. The molecule has 0 radical (unpaired) electrons. The van der Waals surface area contributed by atoms with E-state index in [9.17, 15) is 18.0 Å². The first-order valence-corrected chi connectivity index (χ1v) is 7.66. The number of hydrogen-bond donors (Lipinski definition) is 0. The number of carbonyl (C=O) groups excluding carboxylic acids is 1. The number of carbonyl (C=O) groups is 1. The molecule has 0 aliphatic rings. The lowest BCUT2D eigenvalue weighted by molar-refractivity contribution is -0.138. The number of benzene rings is 1. The van der Waals surface area contributed by atoms with E-state index in [0.717, 1.165) is 11.6 Å². The van der Waals surface area contributed by atoms with Gasteiger partial charge in [-0.2, -0.15) is 24.5 Å². The summed E-state index contributed by atoms with van der Waals surface area (Å²) in [5.41, 5.74) is -0.385. The van der Waals surface area contributed by atoms with Crippen LogP contribution in [0.25, 0.3) is 0 Å². The zero-order chi connectivity index (χ0) is 15.6. The fraction of sp³-hybridized carbons (Fsp3) is 0.214. The van der Waals surface area contributed by atoms with E-state index in [2.05, 4.69) is 15.9 Å². The van der Waals surface area contributed by atoms with Gasteiger partial charge in [0.15, 0.2) is 0 Å². The smallest absolute Gasteiger partial charge is 0.337 e. The molecule has 0 saturated carbocycles.